The largest absolute Gasteiger partial charge is 0.301 e. The number of hydrogen-bond donors (Lipinski definition) is 0. The number of hydrogen-bond acceptors (Lipinski definition) is 8. The van der Waals surface area contributed by atoms with E-state index < -0.39 is 0 Å². The number of benzene rings is 10. The van der Waals surface area contributed by atoms with Crippen LogP contribution in [0.25, 0.3) is 153 Å². The Bertz CT molecular complexity index is 4630. The molecule has 0 aliphatic rings. The molecular weight excluding hydrogens is 1020 g/mol. The number of nitrogens with zero attached hydrogens (tertiary/aromatic N) is 8. The lowest BCUT2D eigenvalue weighted by molar-refractivity contribution is 1.07. The molecule has 0 atom stereocenters. The zero-order valence-corrected chi connectivity index (χ0v) is 44.3. The molecular formula is C70H42N8S2. The first kappa shape index (κ1) is 45.9. The van der Waals surface area contributed by atoms with E-state index in [1.807, 2.05) is 144 Å². The van der Waals surface area contributed by atoms with E-state index >= 15 is 0 Å². The maximum atomic E-state index is 5.10. The highest BCUT2D eigenvalue weighted by molar-refractivity contribution is 7.26. The van der Waals surface area contributed by atoms with E-state index in [1.54, 1.807) is 0 Å². The summed E-state index contributed by atoms with van der Waals surface area (Å²) in [6.07, 6.45) is 0. The monoisotopic (exact) mass is 1060 g/mol. The van der Waals surface area contributed by atoms with Gasteiger partial charge in [-0.05, 0) is 71.8 Å². The number of aromatic nitrogens is 8. The number of thiophene rings is 2. The van der Waals surface area contributed by atoms with Crippen LogP contribution in [0, 0.1) is 0 Å². The third-order valence-electron chi connectivity index (χ3n) is 15.0. The second-order valence-corrected chi connectivity index (χ2v) is 21.9. The lowest BCUT2D eigenvalue weighted by Gasteiger charge is -2.12. The smallest absolute Gasteiger partial charge is 0.164 e. The summed E-state index contributed by atoms with van der Waals surface area (Å²) in [5.74, 6) is 3.77. The van der Waals surface area contributed by atoms with Crippen molar-refractivity contribution >= 4 is 85.1 Å². The molecule has 10 aromatic carbocycles. The Balaban J connectivity index is 0.838. The van der Waals surface area contributed by atoms with Gasteiger partial charge in [0.2, 0.25) is 0 Å². The predicted octanol–water partition coefficient (Wildman–Crippen LogP) is 18.3. The molecule has 6 heterocycles. The van der Waals surface area contributed by atoms with Crippen molar-refractivity contribution in [2.45, 2.75) is 0 Å². The molecule has 0 aliphatic heterocycles. The van der Waals surface area contributed by atoms with Gasteiger partial charge in [-0.25, -0.2) is 29.9 Å². The van der Waals surface area contributed by atoms with Crippen LogP contribution in [0.15, 0.2) is 255 Å². The van der Waals surface area contributed by atoms with E-state index in [0.717, 1.165) is 66.9 Å². The van der Waals surface area contributed by atoms with Gasteiger partial charge in [-0.3, -0.25) is 0 Å². The topological polar surface area (TPSA) is 87.2 Å². The molecule has 0 fully saturated rings. The summed E-state index contributed by atoms with van der Waals surface area (Å²) in [4.78, 5) is 32.7. The molecule has 0 bridgehead atoms. The van der Waals surface area contributed by atoms with Crippen LogP contribution in [0.5, 0.6) is 0 Å². The summed E-state index contributed by atoms with van der Waals surface area (Å²) in [7, 11) is 0. The van der Waals surface area contributed by atoms with Crippen molar-refractivity contribution in [2.75, 3.05) is 0 Å². The number of rotatable bonds is 9. The minimum atomic E-state index is 0.618. The molecule has 374 valence electrons. The quantitative estimate of drug-likeness (QED) is 0.143. The van der Waals surface area contributed by atoms with Crippen LogP contribution in [0.1, 0.15) is 0 Å². The summed E-state index contributed by atoms with van der Waals surface area (Å²) < 4.78 is 7.32. The fourth-order valence-electron chi connectivity index (χ4n) is 11.3. The summed E-state index contributed by atoms with van der Waals surface area (Å²) in [6, 6.07) is 89.3. The van der Waals surface area contributed by atoms with Crippen LogP contribution in [0.3, 0.4) is 0 Å². The summed E-state index contributed by atoms with van der Waals surface area (Å²) in [5, 5.41) is 7.37. The van der Waals surface area contributed by atoms with Gasteiger partial charge in [0, 0.05) is 86.5 Å². The van der Waals surface area contributed by atoms with E-state index in [9.17, 15) is 0 Å². The molecule has 0 N–H and O–H groups in total. The van der Waals surface area contributed by atoms with Gasteiger partial charge in [0.05, 0.1) is 11.0 Å². The molecule has 16 aromatic rings. The van der Waals surface area contributed by atoms with Gasteiger partial charge in [0.15, 0.2) is 34.9 Å². The Morgan fingerprint density at radius 1 is 0.237 bits per heavy atom. The Kier molecular flexibility index (Phi) is 10.7. The van der Waals surface area contributed by atoms with E-state index in [0.29, 0.717) is 34.9 Å². The molecule has 6 aromatic heterocycles. The molecule has 10 heteroatoms. The minimum Gasteiger partial charge on any atom is -0.301 e. The molecule has 0 spiro atoms. The number of fused-ring (bicyclic) bond motifs is 10. The maximum Gasteiger partial charge on any atom is 0.164 e. The highest BCUT2D eigenvalue weighted by Gasteiger charge is 2.23. The van der Waals surface area contributed by atoms with Gasteiger partial charge in [0.1, 0.15) is 9.66 Å². The Morgan fingerprint density at radius 2 is 0.550 bits per heavy atom. The van der Waals surface area contributed by atoms with Crippen molar-refractivity contribution in [2.24, 2.45) is 0 Å². The zero-order valence-electron chi connectivity index (χ0n) is 42.6. The molecule has 16 rings (SSSR count). The zero-order chi connectivity index (χ0) is 52.7. The third kappa shape index (κ3) is 7.72. The molecule has 0 unspecified atom stereocenters. The molecule has 0 saturated heterocycles. The van der Waals surface area contributed by atoms with E-state index in [1.165, 1.54) is 51.4 Å². The second kappa shape index (κ2) is 18.7. The van der Waals surface area contributed by atoms with Crippen molar-refractivity contribution < 1.29 is 0 Å². The van der Waals surface area contributed by atoms with Crippen molar-refractivity contribution in [1.82, 2.24) is 39.0 Å². The average Bonchev–Trinajstić information content (AvgIpc) is 4.48. The van der Waals surface area contributed by atoms with Crippen LogP contribution in [0.2, 0.25) is 0 Å². The van der Waals surface area contributed by atoms with Crippen molar-refractivity contribution in [3.8, 4) is 90.8 Å². The molecule has 0 aliphatic carbocycles. The first-order valence-corrected chi connectivity index (χ1v) is 28.1. The highest BCUT2D eigenvalue weighted by Crippen LogP contribution is 2.47. The van der Waals surface area contributed by atoms with Gasteiger partial charge < -0.3 is 9.13 Å². The van der Waals surface area contributed by atoms with Crippen LogP contribution in [0.4, 0.5) is 0 Å². The molecule has 80 heavy (non-hydrogen) atoms. The van der Waals surface area contributed by atoms with Gasteiger partial charge in [-0.1, -0.05) is 194 Å². The Hall–Kier alpha value is -10.3. The Morgan fingerprint density at radius 3 is 0.912 bits per heavy atom. The maximum absolute atomic E-state index is 5.10. The van der Waals surface area contributed by atoms with Crippen LogP contribution in [-0.4, -0.2) is 39.0 Å². The van der Waals surface area contributed by atoms with Crippen LogP contribution < -0.4 is 0 Å². The first-order chi connectivity index (χ1) is 39.6. The Labute approximate surface area is 466 Å². The summed E-state index contributed by atoms with van der Waals surface area (Å²) in [6.45, 7) is 0. The van der Waals surface area contributed by atoms with Crippen LogP contribution in [-0.2, 0) is 0 Å². The SMILES string of the molecule is c1ccc(-c2nc(-c3ccccc3)nc(-c3cccc(-n4c5ccc(-c6ccc7c(c6)c6c8ccccc8sc6n7-c6cccc(-c7nc(-c8ccccc8)nc(-c8ccccc8)n7)c6)cc5c5c6ccccc6sc54)c3)n2)cc1. The third-order valence-corrected chi connectivity index (χ3v) is 17.3. The molecule has 0 radical (unpaired) electrons. The summed E-state index contributed by atoms with van der Waals surface area (Å²) >= 11 is 3.65. The van der Waals surface area contributed by atoms with Crippen molar-refractivity contribution in [3.05, 3.63) is 255 Å². The first-order valence-electron chi connectivity index (χ1n) is 26.5. The van der Waals surface area contributed by atoms with E-state index in [4.69, 9.17) is 29.9 Å². The molecule has 0 amide bonds. The minimum absolute atomic E-state index is 0.618. The average molecular weight is 1060 g/mol. The van der Waals surface area contributed by atoms with E-state index in [-0.39, 0.29) is 0 Å². The predicted molar refractivity (Wildman–Crippen MR) is 331 cm³/mol. The van der Waals surface area contributed by atoms with Gasteiger partial charge in [0.25, 0.3) is 0 Å². The standard InChI is InChI=1S/C70H42N8S2/c1-5-19-43(20-6-1)63-71-64(44-21-7-2-8-22-44)74-67(73-63)49-27-17-29-51(39-49)77-57-37-35-47(41-55(57)61-53-31-13-15-33-59(53)79-69(61)77)48-36-38-58-56(42-48)62-54-32-14-16-34-60(54)80-70(62)78(58)52-30-18-28-50(40-52)68-75-65(45-23-9-3-10-24-45)72-66(76-68)46-25-11-4-12-26-46/h1-42H. The highest BCUT2D eigenvalue weighted by atomic mass is 32.1. The van der Waals surface area contributed by atoms with Gasteiger partial charge in [-0.2, -0.15) is 0 Å². The normalized spacial score (nSPS) is 11.8. The lowest BCUT2D eigenvalue weighted by atomic mass is 10.00. The van der Waals surface area contributed by atoms with Gasteiger partial charge >= 0.3 is 0 Å². The molecule has 8 nitrogen and oxygen atoms in total. The fourth-order valence-corrected chi connectivity index (χ4v) is 13.8. The molecule has 0 saturated carbocycles. The summed E-state index contributed by atoms with van der Waals surface area (Å²) in [5.41, 5.74) is 12.2. The lowest BCUT2D eigenvalue weighted by Crippen LogP contribution is -2.01. The van der Waals surface area contributed by atoms with Crippen molar-refractivity contribution in [1.29, 1.82) is 0 Å². The van der Waals surface area contributed by atoms with Gasteiger partial charge in [-0.15, -0.1) is 22.7 Å². The van der Waals surface area contributed by atoms with Crippen LogP contribution >= 0.6 is 22.7 Å². The fraction of sp³-hybridized carbons (Fsp3) is 0. The second-order valence-electron chi connectivity index (χ2n) is 19.9. The van der Waals surface area contributed by atoms with E-state index in [2.05, 4.69) is 143 Å². The van der Waals surface area contributed by atoms with Crippen molar-refractivity contribution in [3.63, 3.8) is 0 Å².